The zero-order chi connectivity index (χ0) is 13.4. The van der Waals surface area contributed by atoms with Crippen molar-refractivity contribution in [1.82, 2.24) is 5.43 Å². The smallest absolute Gasteiger partial charge is 0.240 e. The molecule has 5 heteroatoms. The van der Waals surface area contributed by atoms with Gasteiger partial charge in [-0.05, 0) is 18.6 Å². The summed E-state index contributed by atoms with van der Waals surface area (Å²) < 4.78 is 13.3. The second-order valence-corrected chi connectivity index (χ2v) is 4.29. The number of amides is 1. The van der Waals surface area contributed by atoms with E-state index in [1.54, 1.807) is 6.07 Å². The lowest BCUT2D eigenvalue weighted by molar-refractivity contribution is -0.121. The van der Waals surface area contributed by atoms with Crippen LogP contribution in [0, 0.1) is 5.82 Å². The van der Waals surface area contributed by atoms with Crippen molar-refractivity contribution >= 4 is 23.7 Å². The Morgan fingerprint density at radius 2 is 2.28 bits per heavy atom. The number of unbranched alkanes of at least 4 members (excludes halogenated alkanes) is 2. The van der Waals surface area contributed by atoms with E-state index in [0.29, 0.717) is 6.42 Å². The third-order valence-corrected chi connectivity index (χ3v) is 2.72. The van der Waals surface area contributed by atoms with E-state index in [1.165, 1.54) is 18.3 Å². The fourth-order valence-corrected chi connectivity index (χ4v) is 1.61. The summed E-state index contributed by atoms with van der Waals surface area (Å²) in [7, 11) is 0. The van der Waals surface area contributed by atoms with Crippen LogP contribution in [0.5, 0.6) is 0 Å². The number of halogens is 2. The Labute approximate surface area is 111 Å². The summed E-state index contributed by atoms with van der Waals surface area (Å²) in [6, 6.07) is 4.36. The lowest BCUT2D eigenvalue weighted by Gasteiger charge is -2.00. The first-order chi connectivity index (χ1) is 8.65. The van der Waals surface area contributed by atoms with Crippen molar-refractivity contribution in [2.24, 2.45) is 5.10 Å². The number of nitrogens with one attached hydrogen (secondary N) is 1. The van der Waals surface area contributed by atoms with Crippen LogP contribution in [-0.4, -0.2) is 12.1 Å². The molecule has 0 saturated carbocycles. The standard InChI is InChI=1S/C13H16ClFN2O/c1-2-3-4-8-13(18)17-16-9-10-11(14)6-5-7-12(10)15/h5-7,9H,2-4,8H2,1H3,(H,17,18)/b16-9+. The van der Waals surface area contributed by atoms with Crippen LogP contribution in [0.4, 0.5) is 4.39 Å². The summed E-state index contributed by atoms with van der Waals surface area (Å²) in [6.45, 7) is 2.07. The Bertz CT molecular complexity index is 415. The molecule has 18 heavy (non-hydrogen) atoms. The molecule has 0 aliphatic carbocycles. The number of hydrogen-bond acceptors (Lipinski definition) is 2. The second-order valence-electron chi connectivity index (χ2n) is 3.89. The maximum Gasteiger partial charge on any atom is 0.240 e. The maximum absolute atomic E-state index is 13.3. The average molecular weight is 271 g/mol. The van der Waals surface area contributed by atoms with Crippen molar-refractivity contribution in [2.45, 2.75) is 32.6 Å². The number of nitrogens with zero attached hydrogens (tertiary/aromatic N) is 1. The maximum atomic E-state index is 13.3. The molecular weight excluding hydrogens is 255 g/mol. The highest BCUT2D eigenvalue weighted by molar-refractivity contribution is 6.33. The molecule has 0 saturated heterocycles. The van der Waals surface area contributed by atoms with Crippen LogP contribution in [0.2, 0.25) is 5.02 Å². The first-order valence-electron chi connectivity index (χ1n) is 5.91. The van der Waals surface area contributed by atoms with Crippen LogP contribution in [0.1, 0.15) is 38.2 Å². The molecule has 0 aliphatic heterocycles. The van der Waals surface area contributed by atoms with Crippen LogP contribution >= 0.6 is 11.6 Å². The molecule has 0 unspecified atom stereocenters. The minimum Gasteiger partial charge on any atom is -0.273 e. The molecule has 0 radical (unpaired) electrons. The lowest BCUT2D eigenvalue weighted by atomic mass is 10.2. The molecule has 1 amide bonds. The molecule has 98 valence electrons. The molecule has 1 aromatic carbocycles. The normalized spacial score (nSPS) is 10.8. The quantitative estimate of drug-likeness (QED) is 0.480. The molecule has 0 atom stereocenters. The number of benzene rings is 1. The summed E-state index contributed by atoms with van der Waals surface area (Å²) in [5.74, 6) is -0.640. The number of hydrazone groups is 1. The van der Waals surface area contributed by atoms with Gasteiger partial charge in [-0.2, -0.15) is 5.10 Å². The zero-order valence-corrected chi connectivity index (χ0v) is 11.0. The van der Waals surface area contributed by atoms with Gasteiger partial charge in [-0.1, -0.05) is 37.4 Å². The van der Waals surface area contributed by atoms with Crippen LogP contribution in [-0.2, 0) is 4.79 Å². The molecule has 0 fully saturated rings. The fourth-order valence-electron chi connectivity index (χ4n) is 1.39. The van der Waals surface area contributed by atoms with E-state index in [4.69, 9.17) is 11.6 Å². The zero-order valence-electron chi connectivity index (χ0n) is 10.2. The molecule has 1 N–H and O–H groups in total. The van der Waals surface area contributed by atoms with Crippen molar-refractivity contribution in [1.29, 1.82) is 0 Å². The van der Waals surface area contributed by atoms with Crippen LogP contribution in [0.3, 0.4) is 0 Å². The molecular formula is C13H16ClFN2O. The molecule has 0 aliphatic rings. The first-order valence-corrected chi connectivity index (χ1v) is 6.29. The molecule has 0 heterocycles. The number of hydrogen-bond donors (Lipinski definition) is 1. The highest BCUT2D eigenvalue weighted by Gasteiger charge is 2.04. The molecule has 0 bridgehead atoms. The Kier molecular flexibility index (Phi) is 6.36. The number of rotatable bonds is 6. The number of carbonyl (C=O) groups is 1. The van der Waals surface area contributed by atoms with E-state index in [1.807, 2.05) is 0 Å². The molecule has 0 aromatic heterocycles. The van der Waals surface area contributed by atoms with Crippen molar-refractivity contribution < 1.29 is 9.18 Å². The van der Waals surface area contributed by atoms with Gasteiger partial charge in [0.1, 0.15) is 5.82 Å². The first kappa shape index (κ1) is 14.6. The lowest BCUT2D eigenvalue weighted by Crippen LogP contribution is -2.17. The molecule has 3 nitrogen and oxygen atoms in total. The summed E-state index contributed by atoms with van der Waals surface area (Å²) in [5.41, 5.74) is 2.52. The highest BCUT2D eigenvalue weighted by atomic mass is 35.5. The Morgan fingerprint density at radius 3 is 2.94 bits per heavy atom. The van der Waals surface area contributed by atoms with Crippen LogP contribution in [0.15, 0.2) is 23.3 Å². The molecule has 1 aromatic rings. The summed E-state index contributed by atoms with van der Waals surface area (Å²) >= 11 is 5.80. The van der Waals surface area contributed by atoms with E-state index < -0.39 is 5.82 Å². The molecule has 1 rings (SSSR count). The average Bonchev–Trinajstić information content (AvgIpc) is 2.33. The van der Waals surface area contributed by atoms with Crippen molar-refractivity contribution in [3.05, 3.63) is 34.6 Å². The fraction of sp³-hybridized carbons (Fsp3) is 0.385. The Balaban J connectivity index is 2.47. The van der Waals surface area contributed by atoms with Gasteiger partial charge in [-0.15, -0.1) is 0 Å². The van der Waals surface area contributed by atoms with Crippen molar-refractivity contribution in [3.63, 3.8) is 0 Å². The third-order valence-electron chi connectivity index (χ3n) is 2.39. The summed E-state index contributed by atoms with van der Waals surface area (Å²) in [4.78, 5) is 11.3. The van der Waals surface area contributed by atoms with Gasteiger partial charge < -0.3 is 0 Å². The third kappa shape index (κ3) is 4.84. The van der Waals surface area contributed by atoms with E-state index in [9.17, 15) is 9.18 Å². The molecule has 0 spiro atoms. The van der Waals surface area contributed by atoms with E-state index in [-0.39, 0.29) is 16.5 Å². The predicted octanol–water partition coefficient (Wildman–Crippen LogP) is 3.51. The predicted molar refractivity (Wildman–Crippen MR) is 71.3 cm³/mol. The van der Waals surface area contributed by atoms with Gasteiger partial charge in [-0.3, -0.25) is 4.79 Å². The topological polar surface area (TPSA) is 41.5 Å². The van der Waals surface area contributed by atoms with Crippen LogP contribution in [0.25, 0.3) is 0 Å². The minimum absolute atomic E-state index is 0.174. The van der Waals surface area contributed by atoms with Gasteiger partial charge in [0.05, 0.1) is 11.2 Å². The van der Waals surface area contributed by atoms with Gasteiger partial charge in [0.2, 0.25) is 5.91 Å². The van der Waals surface area contributed by atoms with Gasteiger partial charge >= 0.3 is 0 Å². The van der Waals surface area contributed by atoms with Gasteiger partial charge in [0.25, 0.3) is 0 Å². The Morgan fingerprint density at radius 1 is 1.50 bits per heavy atom. The monoisotopic (exact) mass is 270 g/mol. The van der Waals surface area contributed by atoms with E-state index in [0.717, 1.165) is 19.3 Å². The van der Waals surface area contributed by atoms with E-state index in [2.05, 4.69) is 17.5 Å². The van der Waals surface area contributed by atoms with Crippen molar-refractivity contribution in [3.8, 4) is 0 Å². The summed E-state index contributed by atoms with van der Waals surface area (Å²) in [5, 5.41) is 3.96. The number of carbonyl (C=O) groups excluding carboxylic acids is 1. The van der Waals surface area contributed by atoms with Crippen LogP contribution < -0.4 is 5.43 Å². The highest BCUT2D eigenvalue weighted by Crippen LogP contribution is 2.16. The largest absolute Gasteiger partial charge is 0.273 e. The van der Waals surface area contributed by atoms with Gasteiger partial charge in [-0.25, -0.2) is 9.82 Å². The van der Waals surface area contributed by atoms with Crippen molar-refractivity contribution in [2.75, 3.05) is 0 Å². The SMILES string of the molecule is CCCCCC(=O)N/N=C/c1c(F)cccc1Cl. The van der Waals surface area contributed by atoms with E-state index >= 15 is 0 Å². The van der Waals surface area contributed by atoms with Gasteiger partial charge in [0.15, 0.2) is 0 Å². The summed E-state index contributed by atoms with van der Waals surface area (Å²) in [6.07, 6.45) is 4.54. The Hall–Kier alpha value is -1.42. The van der Waals surface area contributed by atoms with Gasteiger partial charge in [0, 0.05) is 12.0 Å². The second kappa shape index (κ2) is 7.82. The minimum atomic E-state index is -0.466.